The van der Waals surface area contributed by atoms with Crippen molar-refractivity contribution >= 4 is 28.2 Å². The summed E-state index contributed by atoms with van der Waals surface area (Å²) in [6, 6.07) is 6.20. The molecule has 0 saturated carbocycles. The molecule has 2 N–H and O–H groups in total. The predicted octanol–water partition coefficient (Wildman–Crippen LogP) is 2.72. The van der Waals surface area contributed by atoms with Crippen molar-refractivity contribution < 1.29 is 9.47 Å². The van der Waals surface area contributed by atoms with Crippen LogP contribution in [0.4, 0.5) is 0 Å². The van der Waals surface area contributed by atoms with Gasteiger partial charge in [0, 0.05) is 50.4 Å². The number of thiocarbonyl (C=S) groups is 1. The Morgan fingerprint density at radius 3 is 2.76 bits per heavy atom. The number of fused-ring (bicyclic) bond motifs is 1. The van der Waals surface area contributed by atoms with Crippen LogP contribution in [0.15, 0.2) is 23.0 Å². The van der Waals surface area contributed by atoms with Crippen molar-refractivity contribution in [2.45, 2.75) is 45.8 Å². The maximum atomic E-state index is 12.9. The topological polar surface area (TPSA) is 69.8 Å². The van der Waals surface area contributed by atoms with Gasteiger partial charge in [0.2, 0.25) is 0 Å². The maximum Gasteiger partial charge on any atom is 0.253 e. The number of hydrogen-bond acceptors (Lipinski definition) is 5. The summed E-state index contributed by atoms with van der Waals surface area (Å²) < 4.78 is 11.2. The van der Waals surface area contributed by atoms with Gasteiger partial charge in [0.1, 0.15) is 0 Å². The number of nitrogens with one attached hydrogen (secondary N) is 2. The van der Waals surface area contributed by atoms with Crippen LogP contribution in [0.2, 0.25) is 0 Å². The third kappa shape index (κ3) is 6.53. The number of hydrogen-bond donors (Lipinski definition) is 2. The molecule has 2 aliphatic rings. The largest absolute Gasteiger partial charge is 0.379 e. The minimum absolute atomic E-state index is 0.0501. The van der Waals surface area contributed by atoms with Crippen molar-refractivity contribution in [3.05, 3.63) is 45.2 Å². The molecule has 1 aromatic heterocycles. The number of morpholine rings is 1. The highest BCUT2D eigenvalue weighted by atomic mass is 32.1. The molecule has 33 heavy (non-hydrogen) atoms. The van der Waals surface area contributed by atoms with Crippen LogP contribution in [0, 0.1) is 13.8 Å². The second-order valence-corrected chi connectivity index (χ2v) is 9.58. The molecule has 2 aliphatic heterocycles. The number of ether oxygens (including phenoxy) is 2. The summed E-state index contributed by atoms with van der Waals surface area (Å²) in [6.45, 7) is 11.5. The Morgan fingerprint density at radius 2 is 2.00 bits per heavy atom. The van der Waals surface area contributed by atoms with E-state index in [4.69, 9.17) is 21.7 Å². The molecule has 0 bridgehead atoms. The summed E-state index contributed by atoms with van der Waals surface area (Å²) in [5.74, 6) is 0. The number of aryl methyl sites for hydroxylation is 2. The SMILES string of the molecule is Cc1cc2cc(CN(CCCN3CCOCC3)C(=S)NCC3CCCO3)c(=O)[nH]c2cc1C. The quantitative estimate of drug-likeness (QED) is 0.573. The van der Waals surface area contributed by atoms with E-state index in [1.165, 1.54) is 11.1 Å². The Balaban J connectivity index is 1.46. The van der Waals surface area contributed by atoms with Crippen molar-refractivity contribution in [1.82, 2.24) is 20.1 Å². The normalized spacial score (nSPS) is 19.2. The number of nitrogens with zero attached hydrogens (tertiary/aromatic N) is 2. The molecule has 180 valence electrons. The second kappa shape index (κ2) is 11.4. The standard InChI is InChI=1S/C25H36N4O3S/c1-18-13-20-15-21(24(30)27-23(20)14-19(18)2)17-29(7-4-6-28-8-11-31-12-9-28)25(33)26-16-22-5-3-10-32-22/h13-15,22H,3-12,16-17H2,1-2H3,(H,26,33)(H,27,30). The Bertz CT molecular complexity index is 1010. The van der Waals surface area contributed by atoms with Crippen LogP contribution >= 0.6 is 12.2 Å². The molecule has 8 heteroatoms. The fourth-order valence-electron chi connectivity index (χ4n) is 4.53. The number of H-pyrrole nitrogens is 1. The van der Waals surface area contributed by atoms with Crippen LogP contribution in [0.5, 0.6) is 0 Å². The molecule has 0 spiro atoms. The molecule has 1 aromatic carbocycles. The molecule has 1 atom stereocenters. The lowest BCUT2D eigenvalue weighted by atomic mass is 10.0. The molecule has 2 saturated heterocycles. The highest BCUT2D eigenvalue weighted by Gasteiger charge is 2.19. The van der Waals surface area contributed by atoms with E-state index in [9.17, 15) is 4.79 Å². The van der Waals surface area contributed by atoms with E-state index in [1.54, 1.807) is 0 Å². The maximum absolute atomic E-state index is 12.9. The van der Waals surface area contributed by atoms with Gasteiger partial charge in [-0.1, -0.05) is 0 Å². The van der Waals surface area contributed by atoms with Gasteiger partial charge < -0.3 is 24.7 Å². The lowest BCUT2D eigenvalue weighted by Crippen LogP contribution is -2.44. The van der Waals surface area contributed by atoms with E-state index < -0.39 is 0 Å². The van der Waals surface area contributed by atoms with Crippen molar-refractivity contribution in [3.8, 4) is 0 Å². The second-order valence-electron chi connectivity index (χ2n) is 9.20. The van der Waals surface area contributed by atoms with Crippen LogP contribution in [0.1, 0.15) is 36.0 Å². The molecule has 0 radical (unpaired) electrons. The summed E-state index contributed by atoms with van der Waals surface area (Å²) in [6.07, 6.45) is 3.36. The lowest BCUT2D eigenvalue weighted by Gasteiger charge is -2.30. The van der Waals surface area contributed by atoms with E-state index in [-0.39, 0.29) is 11.7 Å². The van der Waals surface area contributed by atoms with Crippen LogP contribution in [0.3, 0.4) is 0 Å². The summed E-state index contributed by atoms with van der Waals surface area (Å²) in [5, 5.41) is 5.14. The zero-order valence-corrected chi connectivity index (χ0v) is 20.6. The Labute approximate surface area is 201 Å². The molecule has 4 rings (SSSR count). The number of rotatable bonds is 8. The zero-order chi connectivity index (χ0) is 23.2. The fraction of sp³-hybridized carbons (Fsp3) is 0.600. The van der Waals surface area contributed by atoms with E-state index in [0.717, 1.165) is 81.7 Å². The molecular weight excluding hydrogens is 436 g/mol. The zero-order valence-electron chi connectivity index (χ0n) is 19.8. The number of pyridine rings is 1. The Kier molecular flexibility index (Phi) is 8.35. The predicted molar refractivity (Wildman–Crippen MR) is 136 cm³/mol. The van der Waals surface area contributed by atoms with Gasteiger partial charge in [0.15, 0.2) is 5.11 Å². The van der Waals surface area contributed by atoms with Gasteiger partial charge in [-0.3, -0.25) is 9.69 Å². The van der Waals surface area contributed by atoms with Gasteiger partial charge in [-0.05, 0) is 80.0 Å². The summed E-state index contributed by atoms with van der Waals surface area (Å²) in [5.41, 5.74) is 3.96. The van der Waals surface area contributed by atoms with Gasteiger partial charge in [-0.15, -0.1) is 0 Å². The molecule has 1 unspecified atom stereocenters. The first-order valence-electron chi connectivity index (χ1n) is 12.1. The monoisotopic (exact) mass is 472 g/mol. The lowest BCUT2D eigenvalue weighted by molar-refractivity contribution is 0.0367. The van der Waals surface area contributed by atoms with E-state index in [1.807, 2.05) is 12.1 Å². The molecule has 2 aromatic rings. The average molecular weight is 473 g/mol. The van der Waals surface area contributed by atoms with Crippen LogP contribution < -0.4 is 10.9 Å². The minimum Gasteiger partial charge on any atom is -0.379 e. The highest BCUT2D eigenvalue weighted by molar-refractivity contribution is 7.80. The Morgan fingerprint density at radius 1 is 1.21 bits per heavy atom. The van der Waals surface area contributed by atoms with E-state index in [0.29, 0.717) is 18.2 Å². The van der Waals surface area contributed by atoms with Crippen molar-refractivity contribution in [1.29, 1.82) is 0 Å². The van der Waals surface area contributed by atoms with Crippen molar-refractivity contribution in [2.75, 3.05) is 52.5 Å². The first-order chi connectivity index (χ1) is 16.0. The summed E-state index contributed by atoms with van der Waals surface area (Å²) in [4.78, 5) is 20.5. The third-order valence-corrected chi connectivity index (χ3v) is 7.10. The summed E-state index contributed by atoms with van der Waals surface area (Å²) >= 11 is 5.77. The van der Waals surface area contributed by atoms with Crippen LogP contribution in [0.25, 0.3) is 10.9 Å². The summed E-state index contributed by atoms with van der Waals surface area (Å²) in [7, 11) is 0. The smallest absolute Gasteiger partial charge is 0.253 e. The van der Waals surface area contributed by atoms with Gasteiger partial charge >= 0.3 is 0 Å². The highest BCUT2D eigenvalue weighted by Crippen LogP contribution is 2.18. The Hall–Kier alpha value is -2.00. The molecule has 0 amide bonds. The molecule has 2 fully saturated rings. The van der Waals surface area contributed by atoms with E-state index in [2.05, 4.69) is 40.0 Å². The third-order valence-electron chi connectivity index (χ3n) is 6.69. The number of aromatic amines is 1. The first-order valence-corrected chi connectivity index (χ1v) is 12.5. The van der Waals surface area contributed by atoms with Crippen LogP contribution in [-0.4, -0.2) is 78.5 Å². The minimum atomic E-state index is -0.0501. The van der Waals surface area contributed by atoms with Gasteiger partial charge in [-0.2, -0.15) is 0 Å². The molecule has 0 aliphatic carbocycles. The number of benzene rings is 1. The van der Waals surface area contributed by atoms with Gasteiger partial charge in [-0.25, -0.2) is 0 Å². The van der Waals surface area contributed by atoms with Crippen molar-refractivity contribution in [2.24, 2.45) is 0 Å². The molecule has 7 nitrogen and oxygen atoms in total. The number of aromatic nitrogens is 1. The molecular formula is C25H36N4O3S. The van der Waals surface area contributed by atoms with Gasteiger partial charge in [0.05, 0.1) is 25.9 Å². The van der Waals surface area contributed by atoms with E-state index >= 15 is 0 Å². The fourth-order valence-corrected chi connectivity index (χ4v) is 4.76. The average Bonchev–Trinajstić information content (AvgIpc) is 3.33. The van der Waals surface area contributed by atoms with Gasteiger partial charge in [0.25, 0.3) is 5.56 Å². The van der Waals surface area contributed by atoms with Crippen LogP contribution in [-0.2, 0) is 16.0 Å². The first kappa shape index (κ1) is 24.1. The molecule has 3 heterocycles. The van der Waals surface area contributed by atoms with Crippen molar-refractivity contribution in [3.63, 3.8) is 0 Å².